The average molecular weight is 324 g/mol. The molecule has 0 aliphatic rings. The fourth-order valence-electron chi connectivity index (χ4n) is 1.93. The average Bonchev–Trinajstić information content (AvgIpc) is 2.37. The first-order valence-electron chi connectivity index (χ1n) is 6.46. The summed E-state index contributed by atoms with van der Waals surface area (Å²) >= 11 is 3.38. The first-order valence-corrected chi connectivity index (χ1v) is 7.25. The lowest BCUT2D eigenvalue weighted by atomic mass is 10.2. The molecule has 1 aromatic carbocycles. The van der Waals surface area contributed by atoms with Crippen molar-refractivity contribution in [1.29, 1.82) is 0 Å². The number of fused-ring (bicyclic) bond motifs is 1. The van der Waals surface area contributed by atoms with Gasteiger partial charge >= 0.3 is 0 Å². The van der Waals surface area contributed by atoms with E-state index in [4.69, 9.17) is 0 Å². The molecular weight excluding hydrogens is 306 g/mol. The summed E-state index contributed by atoms with van der Waals surface area (Å²) in [5, 5.41) is 4.00. The van der Waals surface area contributed by atoms with E-state index in [1.165, 1.54) is 0 Å². The molecule has 0 bridgehead atoms. The third kappa shape index (κ3) is 3.64. The van der Waals surface area contributed by atoms with E-state index in [2.05, 4.69) is 40.1 Å². The van der Waals surface area contributed by atoms with Crippen molar-refractivity contribution in [2.24, 2.45) is 0 Å². The summed E-state index contributed by atoms with van der Waals surface area (Å²) in [5.74, 6) is 0. The molecule has 19 heavy (non-hydrogen) atoms. The van der Waals surface area contributed by atoms with E-state index < -0.39 is 0 Å². The number of hydrogen-bond acceptors (Lipinski definition) is 3. The van der Waals surface area contributed by atoms with Gasteiger partial charge in [-0.2, -0.15) is 0 Å². The highest BCUT2D eigenvalue weighted by Crippen LogP contribution is 2.14. The lowest BCUT2D eigenvalue weighted by Crippen LogP contribution is -2.27. The van der Waals surface area contributed by atoms with E-state index in [9.17, 15) is 4.79 Å². The van der Waals surface area contributed by atoms with Gasteiger partial charge in [0.05, 0.1) is 17.2 Å². The molecule has 0 unspecified atom stereocenters. The Morgan fingerprint density at radius 2 is 2.21 bits per heavy atom. The van der Waals surface area contributed by atoms with Crippen LogP contribution in [0.1, 0.15) is 20.3 Å². The van der Waals surface area contributed by atoms with Gasteiger partial charge in [-0.25, -0.2) is 4.98 Å². The van der Waals surface area contributed by atoms with Crippen molar-refractivity contribution in [3.8, 4) is 0 Å². The molecule has 0 atom stereocenters. The van der Waals surface area contributed by atoms with Crippen molar-refractivity contribution in [3.63, 3.8) is 0 Å². The number of rotatable bonds is 5. The molecule has 0 saturated heterocycles. The molecule has 1 aromatic heterocycles. The predicted octanol–water partition coefficient (Wildman–Crippen LogP) is 2.55. The standard InChI is InChI=1S/C14H18BrN3O/c1-10(2)16-6-3-7-18-9-17-13-5-4-11(15)8-12(13)14(18)19/h4-5,8-10,16H,3,6-7H2,1-2H3. The van der Waals surface area contributed by atoms with Crippen molar-refractivity contribution in [2.45, 2.75) is 32.9 Å². The molecule has 5 heteroatoms. The normalized spacial score (nSPS) is 11.4. The molecule has 1 heterocycles. The Balaban J connectivity index is 2.16. The molecule has 0 fully saturated rings. The summed E-state index contributed by atoms with van der Waals surface area (Å²) in [6.07, 6.45) is 2.55. The van der Waals surface area contributed by atoms with Crippen LogP contribution >= 0.6 is 15.9 Å². The zero-order valence-corrected chi connectivity index (χ0v) is 12.8. The van der Waals surface area contributed by atoms with E-state index in [-0.39, 0.29) is 5.56 Å². The van der Waals surface area contributed by atoms with Crippen LogP contribution in [0.5, 0.6) is 0 Å². The molecule has 0 aliphatic heterocycles. The van der Waals surface area contributed by atoms with Crippen LogP contribution in [0.3, 0.4) is 0 Å². The van der Waals surface area contributed by atoms with Gasteiger partial charge in [-0.15, -0.1) is 0 Å². The van der Waals surface area contributed by atoms with Crippen molar-refractivity contribution < 1.29 is 0 Å². The molecule has 0 spiro atoms. The second-order valence-corrected chi connectivity index (χ2v) is 5.78. The highest BCUT2D eigenvalue weighted by atomic mass is 79.9. The Hall–Kier alpha value is -1.20. The SMILES string of the molecule is CC(C)NCCCn1cnc2ccc(Br)cc2c1=O. The zero-order chi connectivity index (χ0) is 13.8. The van der Waals surface area contributed by atoms with Crippen molar-refractivity contribution in [1.82, 2.24) is 14.9 Å². The third-order valence-electron chi connectivity index (χ3n) is 2.91. The second-order valence-electron chi connectivity index (χ2n) is 4.87. The van der Waals surface area contributed by atoms with Gasteiger partial charge in [0.1, 0.15) is 0 Å². The van der Waals surface area contributed by atoms with Gasteiger partial charge in [0.15, 0.2) is 0 Å². The van der Waals surface area contributed by atoms with E-state index in [0.717, 1.165) is 23.0 Å². The molecule has 2 rings (SSSR count). The largest absolute Gasteiger partial charge is 0.314 e. The predicted molar refractivity (Wildman–Crippen MR) is 81.5 cm³/mol. The summed E-state index contributed by atoms with van der Waals surface area (Å²) in [6, 6.07) is 6.05. The molecule has 0 amide bonds. The van der Waals surface area contributed by atoms with Crippen LogP contribution in [0.25, 0.3) is 10.9 Å². The number of halogens is 1. The zero-order valence-electron chi connectivity index (χ0n) is 11.2. The monoisotopic (exact) mass is 323 g/mol. The summed E-state index contributed by atoms with van der Waals surface area (Å²) in [7, 11) is 0. The third-order valence-corrected chi connectivity index (χ3v) is 3.41. The van der Waals surface area contributed by atoms with Crippen LogP contribution in [0, 0.1) is 0 Å². The van der Waals surface area contributed by atoms with E-state index in [1.54, 1.807) is 10.9 Å². The molecule has 2 aromatic rings. The number of nitrogens with one attached hydrogen (secondary N) is 1. The van der Waals surface area contributed by atoms with Crippen LogP contribution in [0.15, 0.2) is 33.8 Å². The van der Waals surface area contributed by atoms with Gasteiger partial charge in [0.25, 0.3) is 5.56 Å². The van der Waals surface area contributed by atoms with Crippen LogP contribution < -0.4 is 10.9 Å². The first-order chi connectivity index (χ1) is 9.08. The van der Waals surface area contributed by atoms with Crippen molar-refractivity contribution in [3.05, 3.63) is 39.4 Å². The number of aromatic nitrogens is 2. The Morgan fingerprint density at radius 1 is 1.42 bits per heavy atom. The van der Waals surface area contributed by atoms with E-state index in [0.29, 0.717) is 18.0 Å². The summed E-state index contributed by atoms with van der Waals surface area (Å²) in [5.41, 5.74) is 0.764. The van der Waals surface area contributed by atoms with Gasteiger partial charge in [-0.1, -0.05) is 29.8 Å². The molecule has 4 nitrogen and oxygen atoms in total. The van der Waals surface area contributed by atoms with Crippen LogP contribution in [0.2, 0.25) is 0 Å². The highest BCUT2D eigenvalue weighted by Gasteiger charge is 2.04. The van der Waals surface area contributed by atoms with Gasteiger partial charge in [-0.3, -0.25) is 9.36 Å². The molecule has 0 radical (unpaired) electrons. The lowest BCUT2D eigenvalue weighted by Gasteiger charge is -2.09. The molecule has 102 valence electrons. The Morgan fingerprint density at radius 3 is 2.95 bits per heavy atom. The van der Waals surface area contributed by atoms with E-state index >= 15 is 0 Å². The first kappa shape index (κ1) is 14.2. The fourth-order valence-corrected chi connectivity index (χ4v) is 2.29. The molecule has 1 N–H and O–H groups in total. The maximum absolute atomic E-state index is 12.3. The minimum absolute atomic E-state index is 0.0239. The van der Waals surface area contributed by atoms with Crippen LogP contribution in [0.4, 0.5) is 0 Å². The number of benzene rings is 1. The fraction of sp³-hybridized carbons (Fsp3) is 0.429. The topological polar surface area (TPSA) is 46.9 Å². The maximum atomic E-state index is 12.3. The highest BCUT2D eigenvalue weighted by molar-refractivity contribution is 9.10. The molecule has 0 aliphatic carbocycles. The van der Waals surface area contributed by atoms with Crippen LogP contribution in [-0.4, -0.2) is 22.1 Å². The summed E-state index contributed by atoms with van der Waals surface area (Å²) < 4.78 is 2.58. The molecular formula is C14H18BrN3O. The Kier molecular flexibility index (Phi) is 4.71. The smallest absolute Gasteiger partial charge is 0.261 e. The number of nitrogens with zero attached hydrogens (tertiary/aromatic N) is 2. The van der Waals surface area contributed by atoms with E-state index in [1.807, 2.05) is 18.2 Å². The lowest BCUT2D eigenvalue weighted by molar-refractivity contribution is 0.528. The Bertz CT molecular complexity index is 622. The van der Waals surface area contributed by atoms with Gasteiger partial charge in [-0.05, 0) is 31.2 Å². The van der Waals surface area contributed by atoms with Gasteiger partial charge in [0.2, 0.25) is 0 Å². The van der Waals surface area contributed by atoms with Crippen LogP contribution in [-0.2, 0) is 6.54 Å². The summed E-state index contributed by atoms with van der Waals surface area (Å²) in [6.45, 7) is 5.82. The Labute approximate surface area is 121 Å². The van der Waals surface area contributed by atoms with Gasteiger partial charge in [0, 0.05) is 17.1 Å². The molecule has 0 saturated carbocycles. The summed E-state index contributed by atoms with van der Waals surface area (Å²) in [4.78, 5) is 16.6. The minimum atomic E-state index is 0.0239. The quantitative estimate of drug-likeness (QED) is 0.860. The maximum Gasteiger partial charge on any atom is 0.261 e. The van der Waals surface area contributed by atoms with Crippen molar-refractivity contribution >= 4 is 26.8 Å². The van der Waals surface area contributed by atoms with Crippen molar-refractivity contribution in [2.75, 3.05) is 6.54 Å². The number of aryl methyl sites for hydroxylation is 1. The second kappa shape index (κ2) is 6.30. The minimum Gasteiger partial charge on any atom is -0.314 e. The van der Waals surface area contributed by atoms with Gasteiger partial charge < -0.3 is 5.32 Å². The number of hydrogen-bond donors (Lipinski definition) is 1.